The van der Waals surface area contributed by atoms with Gasteiger partial charge in [-0.25, -0.2) is 0 Å². The number of ketones is 1. The molecule has 0 saturated carbocycles. The molecule has 0 aliphatic carbocycles. The fourth-order valence-corrected chi connectivity index (χ4v) is 3.19. The Labute approximate surface area is 151 Å². The van der Waals surface area contributed by atoms with Gasteiger partial charge in [0.05, 0.1) is 12.5 Å². The van der Waals surface area contributed by atoms with Crippen molar-refractivity contribution in [1.82, 2.24) is 4.57 Å². The van der Waals surface area contributed by atoms with Crippen molar-refractivity contribution < 1.29 is 19.4 Å². The minimum Gasteiger partial charge on any atom is -0.494 e. The molecule has 3 aromatic rings. The van der Waals surface area contributed by atoms with Crippen LogP contribution in [0.1, 0.15) is 35.2 Å². The average Bonchev–Trinajstić information content (AvgIpc) is 2.97. The third-order valence-corrected chi connectivity index (χ3v) is 4.48. The number of Topliss-reactive ketones (excluding diaryl/α,β-unsaturated/α-hetero) is 1. The smallest absolute Gasteiger partial charge is 0.311 e. The summed E-state index contributed by atoms with van der Waals surface area (Å²) in [7, 11) is 1.87. The van der Waals surface area contributed by atoms with Gasteiger partial charge in [0, 0.05) is 36.1 Å². The second kappa shape index (κ2) is 7.44. The molecule has 134 valence electrons. The van der Waals surface area contributed by atoms with Crippen LogP contribution in [0.25, 0.3) is 10.9 Å². The topological polar surface area (TPSA) is 68.5 Å². The van der Waals surface area contributed by atoms with Crippen molar-refractivity contribution in [2.24, 2.45) is 7.05 Å². The molecule has 5 heteroatoms. The molecule has 1 N–H and O–H groups in total. The lowest BCUT2D eigenvalue weighted by Gasteiger charge is -2.11. The molecule has 1 heterocycles. The van der Waals surface area contributed by atoms with Gasteiger partial charge >= 0.3 is 5.97 Å². The van der Waals surface area contributed by atoms with Crippen LogP contribution in [-0.4, -0.2) is 28.0 Å². The predicted octanol–water partition coefficient (Wildman–Crippen LogP) is 4.02. The van der Waals surface area contributed by atoms with Gasteiger partial charge in [0.15, 0.2) is 5.78 Å². The van der Waals surface area contributed by atoms with Crippen molar-refractivity contribution in [3.05, 3.63) is 65.9 Å². The summed E-state index contributed by atoms with van der Waals surface area (Å²) in [5, 5.41) is 10.6. The maximum absolute atomic E-state index is 12.6. The van der Waals surface area contributed by atoms with Crippen LogP contribution in [-0.2, 0) is 11.8 Å². The highest BCUT2D eigenvalue weighted by Crippen LogP contribution is 2.31. The number of hydrogen-bond donors (Lipinski definition) is 1. The summed E-state index contributed by atoms with van der Waals surface area (Å²) >= 11 is 0. The van der Waals surface area contributed by atoms with E-state index in [-0.39, 0.29) is 12.2 Å². The molecule has 0 bridgehead atoms. The molecule has 1 atom stereocenters. The third kappa shape index (κ3) is 3.47. The molecular formula is C21H21NO4. The number of para-hydroxylation sites is 1. The molecular weight excluding hydrogens is 330 g/mol. The van der Waals surface area contributed by atoms with Crippen LogP contribution < -0.4 is 4.74 Å². The summed E-state index contributed by atoms with van der Waals surface area (Å²) in [5.41, 5.74) is 2.09. The van der Waals surface area contributed by atoms with Gasteiger partial charge in [-0.2, -0.15) is 0 Å². The summed E-state index contributed by atoms with van der Waals surface area (Å²) in [6.07, 6.45) is 1.71. The fraction of sp³-hybridized carbons (Fsp3) is 0.238. The largest absolute Gasteiger partial charge is 0.494 e. The van der Waals surface area contributed by atoms with Gasteiger partial charge in [0.25, 0.3) is 0 Å². The second-order valence-electron chi connectivity index (χ2n) is 6.19. The molecule has 0 saturated heterocycles. The Morgan fingerprint density at radius 2 is 1.81 bits per heavy atom. The van der Waals surface area contributed by atoms with Crippen LogP contribution in [0.4, 0.5) is 0 Å². The van der Waals surface area contributed by atoms with Gasteiger partial charge in [-0.1, -0.05) is 18.2 Å². The number of carboxylic acid groups (broad SMARTS) is 1. The minimum absolute atomic E-state index is 0.0860. The lowest BCUT2D eigenvalue weighted by molar-refractivity contribution is -0.138. The van der Waals surface area contributed by atoms with Crippen LogP contribution in [0.2, 0.25) is 0 Å². The molecule has 26 heavy (non-hydrogen) atoms. The van der Waals surface area contributed by atoms with Crippen molar-refractivity contribution in [3.8, 4) is 5.75 Å². The maximum atomic E-state index is 12.6. The first-order valence-corrected chi connectivity index (χ1v) is 8.54. The Kier molecular flexibility index (Phi) is 5.07. The van der Waals surface area contributed by atoms with Crippen LogP contribution in [0.15, 0.2) is 54.7 Å². The number of aromatic nitrogens is 1. The molecule has 2 aromatic carbocycles. The Balaban J connectivity index is 1.89. The zero-order valence-electron chi connectivity index (χ0n) is 14.8. The van der Waals surface area contributed by atoms with Gasteiger partial charge in [-0.05, 0) is 42.8 Å². The number of aliphatic carboxylic acids is 1. The maximum Gasteiger partial charge on any atom is 0.311 e. The molecule has 0 amide bonds. The van der Waals surface area contributed by atoms with Crippen LogP contribution in [0.3, 0.4) is 0 Å². The number of aryl methyl sites for hydroxylation is 1. The molecule has 0 spiro atoms. The number of hydrogen-bond acceptors (Lipinski definition) is 3. The summed E-state index contributed by atoms with van der Waals surface area (Å²) < 4.78 is 7.26. The van der Waals surface area contributed by atoms with Crippen molar-refractivity contribution >= 4 is 22.7 Å². The van der Waals surface area contributed by atoms with E-state index in [1.54, 1.807) is 30.5 Å². The SMILES string of the molecule is CCOc1ccc(C(=O)C[C@H](C(=O)O)c2cn(C)c3ccccc23)cc1. The van der Waals surface area contributed by atoms with E-state index in [9.17, 15) is 14.7 Å². The number of benzene rings is 2. The normalized spacial score (nSPS) is 12.1. The van der Waals surface area contributed by atoms with Crippen LogP contribution in [0.5, 0.6) is 5.75 Å². The van der Waals surface area contributed by atoms with Gasteiger partial charge in [0.1, 0.15) is 5.75 Å². The number of ether oxygens (including phenoxy) is 1. The number of nitrogens with zero attached hydrogens (tertiary/aromatic N) is 1. The highest BCUT2D eigenvalue weighted by molar-refractivity contribution is 6.00. The second-order valence-corrected chi connectivity index (χ2v) is 6.19. The number of carboxylic acids is 1. The monoisotopic (exact) mass is 351 g/mol. The Hall–Kier alpha value is -3.08. The third-order valence-electron chi connectivity index (χ3n) is 4.48. The fourth-order valence-electron chi connectivity index (χ4n) is 3.19. The van der Waals surface area contributed by atoms with E-state index in [0.717, 1.165) is 10.9 Å². The summed E-state index contributed by atoms with van der Waals surface area (Å²) in [5.74, 6) is -1.40. The van der Waals surface area contributed by atoms with E-state index in [0.29, 0.717) is 23.5 Å². The molecule has 3 rings (SSSR count). The summed E-state index contributed by atoms with van der Waals surface area (Å²) in [6.45, 7) is 2.44. The molecule has 0 fully saturated rings. The van der Waals surface area contributed by atoms with Gasteiger partial charge in [-0.15, -0.1) is 0 Å². The molecule has 0 radical (unpaired) electrons. The molecule has 0 aliphatic rings. The van der Waals surface area contributed by atoms with Gasteiger partial charge in [-0.3, -0.25) is 9.59 Å². The van der Waals surface area contributed by atoms with Crippen molar-refractivity contribution in [3.63, 3.8) is 0 Å². The lowest BCUT2D eigenvalue weighted by atomic mass is 9.91. The quantitative estimate of drug-likeness (QED) is 0.653. The Morgan fingerprint density at radius 1 is 1.12 bits per heavy atom. The zero-order chi connectivity index (χ0) is 18.7. The zero-order valence-corrected chi connectivity index (χ0v) is 14.8. The van der Waals surface area contributed by atoms with Crippen molar-refractivity contribution in [2.45, 2.75) is 19.3 Å². The molecule has 5 nitrogen and oxygen atoms in total. The first-order valence-electron chi connectivity index (χ1n) is 8.54. The van der Waals surface area contributed by atoms with Crippen molar-refractivity contribution in [2.75, 3.05) is 6.61 Å². The number of rotatable bonds is 7. The number of carbonyl (C=O) groups excluding carboxylic acids is 1. The summed E-state index contributed by atoms with van der Waals surface area (Å²) in [6, 6.07) is 14.4. The van der Waals surface area contributed by atoms with E-state index >= 15 is 0 Å². The number of fused-ring (bicyclic) bond motifs is 1. The summed E-state index contributed by atoms with van der Waals surface area (Å²) in [4.78, 5) is 24.5. The van der Waals surface area contributed by atoms with Gasteiger partial charge in [0.2, 0.25) is 0 Å². The standard InChI is InChI=1S/C21H21NO4/c1-3-26-15-10-8-14(9-11-15)20(23)12-17(21(24)25)18-13-22(2)19-7-5-4-6-16(18)19/h4-11,13,17H,3,12H2,1-2H3,(H,24,25)/t17-/m0/s1. The van der Waals surface area contributed by atoms with Crippen LogP contribution in [0, 0.1) is 0 Å². The average molecular weight is 351 g/mol. The highest BCUT2D eigenvalue weighted by atomic mass is 16.5. The van der Waals surface area contributed by atoms with E-state index < -0.39 is 11.9 Å². The molecule has 1 aromatic heterocycles. The minimum atomic E-state index is -0.999. The first kappa shape index (κ1) is 17.7. The van der Waals surface area contributed by atoms with E-state index in [1.165, 1.54) is 0 Å². The Bertz CT molecular complexity index is 940. The van der Waals surface area contributed by atoms with Crippen molar-refractivity contribution in [1.29, 1.82) is 0 Å². The molecule has 0 unspecified atom stereocenters. The Morgan fingerprint density at radius 3 is 2.46 bits per heavy atom. The predicted molar refractivity (Wildman–Crippen MR) is 99.9 cm³/mol. The van der Waals surface area contributed by atoms with E-state index in [2.05, 4.69) is 0 Å². The molecule has 0 aliphatic heterocycles. The van der Waals surface area contributed by atoms with Gasteiger partial charge < -0.3 is 14.4 Å². The van der Waals surface area contributed by atoms with E-state index in [1.807, 2.05) is 42.8 Å². The number of carbonyl (C=O) groups is 2. The first-order chi connectivity index (χ1) is 12.5. The highest BCUT2D eigenvalue weighted by Gasteiger charge is 2.27. The van der Waals surface area contributed by atoms with E-state index in [4.69, 9.17) is 4.74 Å². The van der Waals surface area contributed by atoms with Crippen LogP contribution >= 0.6 is 0 Å². The lowest BCUT2D eigenvalue weighted by Crippen LogP contribution is -2.16.